The van der Waals surface area contributed by atoms with Crippen LogP contribution in [0.5, 0.6) is 0 Å². The van der Waals surface area contributed by atoms with Crippen LogP contribution >= 0.6 is 0 Å². The highest BCUT2D eigenvalue weighted by atomic mass is 15.3. The van der Waals surface area contributed by atoms with Gasteiger partial charge in [0.25, 0.3) is 0 Å². The van der Waals surface area contributed by atoms with E-state index < -0.39 is 0 Å². The highest BCUT2D eigenvalue weighted by Crippen LogP contribution is 2.34. The van der Waals surface area contributed by atoms with Crippen LogP contribution in [0.4, 0.5) is 11.4 Å². The number of anilines is 2. The zero-order valence-corrected chi connectivity index (χ0v) is 13.7. The lowest BCUT2D eigenvalue weighted by atomic mass is 9.79. The van der Waals surface area contributed by atoms with Crippen LogP contribution < -0.4 is 15.1 Å². The molecule has 21 heavy (non-hydrogen) atoms. The van der Waals surface area contributed by atoms with Crippen LogP contribution in [0.2, 0.25) is 0 Å². The van der Waals surface area contributed by atoms with Crippen molar-refractivity contribution in [1.29, 1.82) is 0 Å². The summed E-state index contributed by atoms with van der Waals surface area (Å²) < 4.78 is 0. The van der Waals surface area contributed by atoms with E-state index in [0.29, 0.717) is 11.6 Å². The second kappa shape index (κ2) is 5.88. The van der Waals surface area contributed by atoms with Crippen molar-refractivity contribution in [2.24, 2.45) is 0 Å². The third-order valence-corrected chi connectivity index (χ3v) is 5.27. The molecule has 1 aliphatic heterocycles. The van der Waals surface area contributed by atoms with Crippen molar-refractivity contribution < 1.29 is 0 Å². The first-order valence-electron chi connectivity index (χ1n) is 8.39. The summed E-state index contributed by atoms with van der Waals surface area (Å²) in [6.07, 6.45) is 6.85. The predicted molar refractivity (Wildman–Crippen MR) is 91.4 cm³/mol. The van der Waals surface area contributed by atoms with E-state index in [1.54, 1.807) is 0 Å². The molecule has 2 aliphatic rings. The molecule has 1 unspecified atom stereocenters. The third-order valence-electron chi connectivity index (χ3n) is 5.27. The first-order valence-corrected chi connectivity index (χ1v) is 8.39. The van der Waals surface area contributed by atoms with Gasteiger partial charge in [-0.1, -0.05) is 25.3 Å². The van der Waals surface area contributed by atoms with Gasteiger partial charge in [0.2, 0.25) is 0 Å². The van der Waals surface area contributed by atoms with Gasteiger partial charge < -0.3 is 15.1 Å². The Morgan fingerprint density at radius 2 is 1.95 bits per heavy atom. The average Bonchev–Trinajstić information content (AvgIpc) is 2.51. The second-order valence-corrected chi connectivity index (χ2v) is 7.11. The second-order valence-electron chi connectivity index (χ2n) is 7.11. The molecule has 3 rings (SSSR count). The number of piperazine rings is 1. The van der Waals surface area contributed by atoms with Gasteiger partial charge in [-0.25, -0.2) is 0 Å². The van der Waals surface area contributed by atoms with Crippen molar-refractivity contribution in [3.8, 4) is 0 Å². The lowest BCUT2D eigenvalue weighted by Crippen LogP contribution is -2.64. The molecule has 0 radical (unpaired) electrons. The van der Waals surface area contributed by atoms with Crippen molar-refractivity contribution in [3.63, 3.8) is 0 Å². The molecule has 1 spiro atoms. The fourth-order valence-electron chi connectivity index (χ4n) is 3.87. The van der Waals surface area contributed by atoms with E-state index in [1.165, 1.54) is 43.5 Å². The van der Waals surface area contributed by atoms with Gasteiger partial charge in [0.15, 0.2) is 0 Å². The lowest BCUT2D eigenvalue weighted by Gasteiger charge is -2.50. The maximum atomic E-state index is 3.87. The Hall–Kier alpha value is -1.22. The van der Waals surface area contributed by atoms with Crippen LogP contribution in [0.3, 0.4) is 0 Å². The minimum atomic E-state index is 0.360. The predicted octanol–water partition coefficient (Wildman–Crippen LogP) is 3.25. The number of nitrogens with zero attached hydrogens (tertiary/aromatic N) is 2. The fourth-order valence-corrected chi connectivity index (χ4v) is 3.87. The minimum Gasteiger partial charge on any atom is -0.378 e. The smallest absolute Gasteiger partial charge is 0.0390 e. The molecule has 0 bridgehead atoms. The van der Waals surface area contributed by atoms with Gasteiger partial charge in [0, 0.05) is 50.1 Å². The summed E-state index contributed by atoms with van der Waals surface area (Å²) in [6.45, 7) is 4.60. The van der Waals surface area contributed by atoms with Gasteiger partial charge in [-0.3, -0.25) is 0 Å². The normalized spacial score (nSPS) is 25.1. The minimum absolute atomic E-state index is 0.360. The lowest BCUT2D eigenvalue weighted by molar-refractivity contribution is 0.200. The van der Waals surface area contributed by atoms with Crippen molar-refractivity contribution in [2.45, 2.75) is 50.6 Å². The molecule has 0 aromatic heterocycles. The number of hydrogen-bond acceptors (Lipinski definition) is 3. The zero-order chi connectivity index (χ0) is 14.9. The molecule has 1 aromatic rings. The van der Waals surface area contributed by atoms with E-state index in [-0.39, 0.29) is 0 Å². The van der Waals surface area contributed by atoms with E-state index in [1.807, 2.05) is 0 Å². The van der Waals surface area contributed by atoms with Crippen LogP contribution in [0, 0.1) is 0 Å². The Morgan fingerprint density at radius 1 is 1.19 bits per heavy atom. The fraction of sp³-hybridized carbons (Fsp3) is 0.667. The molecule has 116 valence electrons. The molecular formula is C18H29N3. The molecule has 3 heteroatoms. The van der Waals surface area contributed by atoms with Crippen LogP contribution in [0.15, 0.2) is 24.3 Å². The van der Waals surface area contributed by atoms with E-state index >= 15 is 0 Å². The third kappa shape index (κ3) is 3.03. The van der Waals surface area contributed by atoms with E-state index in [4.69, 9.17) is 0 Å². The van der Waals surface area contributed by atoms with Crippen LogP contribution in [0.1, 0.15) is 39.0 Å². The molecule has 1 aromatic carbocycles. The molecule has 3 nitrogen and oxygen atoms in total. The quantitative estimate of drug-likeness (QED) is 0.901. The van der Waals surface area contributed by atoms with Gasteiger partial charge in [0.05, 0.1) is 0 Å². The highest BCUT2D eigenvalue weighted by Gasteiger charge is 2.38. The van der Waals surface area contributed by atoms with Crippen molar-refractivity contribution in [1.82, 2.24) is 5.32 Å². The van der Waals surface area contributed by atoms with Crippen molar-refractivity contribution in [2.75, 3.05) is 37.0 Å². The first kappa shape index (κ1) is 14.7. The summed E-state index contributed by atoms with van der Waals surface area (Å²) in [6, 6.07) is 9.54. The summed E-state index contributed by atoms with van der Waals surface area (Å²) in [5.41, 5.74) is 3.02. The van der Waals surface area contributed by atoms with Gasteiger partial charge >= 0.3 is 0 Å². The topological polar surface area (TPSA) is 18.5 Å². The number of benzene rings is 1. The summed E-state index contributed by atoms with van der Waals surface area (Å²) in [5.74, 6) is 0. The molecule has 1 aliphatic carbocycles. The summed E-state index contributed by atoms with van der Waals surface area (Å²) in [4.78, 5) is 4.81. The molecule has 2 fully saturated rings. The van der Waals surface area contributed by atoms with E-state index in [0.717, 1.165) is 13.1 Å². The monoisotopic (exact) mass is 287 g/mol. The standard InChI is InChI=1S/C18H29N3/c1-15-13-19-18(10-5-4-6-11-18)14-21(15)17-9-7-8-16(12-17)20(2)3/h7-9,12,15,19H,4-6,10-11,13-14H2,1-3H3. The van der Waals surface area contributed by atoms with Crippen LogP contribution in [-0.2, 0) is 0 Å². The zero-order valence-electron chi connectivity index (χ0n) is 13.7. The maximum absolute atomic E-state index is 3.87. The molecule has 1 saturated carbocycles. The largest absolute Gasteiger partial charge is 0.378 e. The van der Waals surface area contributed by atoms with Crippen molar-refractivity contribution >= 4 is 11.4 Å². The van der Waals surface area contributed by atoms with Gasteiger partial charge in [-0.15, -0.1) is 0 Å². The van der Waals surface area contributed by atoms with Crippen LogP contribution in [0.25, 0.3) is 0 Å². The Morgan fingerprint density at radius 3 is 2.67 bits per heavy atom. The van der Waals surface area contributed by atoms with Gasteiger partial charge in [0.1, 0.15) is 0 Å². The highest BCUT2D eigenvalue weighted by molar-refractivity contribution is 5.59. The van der Waals surface area contributed by atoms with Crippen LogP contribution in [-0.4, -0.2) is 38.8 Å². The summed E-state index contributed by atoms with van der Waals surface area (Å²) in [7, 11) is 4.23. The number of rotatable bonds is 2. The summed E-state index contributed by atoms with van der Waals surface area (Å²) >= 11 is 0. The average molecular weight is 287 g/mol. The molecule has 0 amide bonds. The number of nitrogens with one attached hydrogen (secondary N) is 1. The molecule has 1 atom stereocenters. The van der Waals surface area contributed by atoms with Gasteiger partial charge in [-0.05, 0) is 38.0 Å². The first-order chi connectivity index (χ1) is 10.1. The molecule has 1 heterocycles. The molecule has 1 N–H and O–H groups in total. The Labute approximate surface area is 129 Å². The Kier molecular flexibility index (Phi) is 4.12. The summed E-state index contributed by atoms with van der Waals surface area (Å²) in [5, 5.41) is 3.87. The molecule has 1 saturated heterocycles. The van der Waals surface area contributed by atoms with E-state index in [2.05, 4.69) is 60.4 Å². The number of hydrogen-bond donors (Lipinski definition) is 1. The molecular weight excluding hydrogens is 258 g/mol. The Bertz CT molecular complexity index is 477. The van der Waals surface area contributed by atoms with E-state index in [9.17, 15) is 0 Å². The Balaban J connectivity index is 1.83. The van der Waals surface area contributed by atoms with Crippen molar-refractivity contribution in [3.05, 3.63) is 24.3 Å². The van der Waals surface area contributed by atoms with Gasteiger partial charge in [-0.2, -0.15) is 0 Å². The SMILES string of the molecule is CC1CNC2(CCCCC2)CN1c1cccc(N(C)C)c1. The maximum Gasteiger partial charge on any atom is 0.0390 e.